The Labute approximate surface area is 131 Å². The van der Waals surface area contributed by atoms with Crippen LogP contribution in [0, 0.1) is 9.77 Å². The van der Waals surface area contributed by atoms with E-state index in [1.807, 2.05) is 24.3 Å². The van der Waals surface area contributed by atoms with Crippen molar-refractivity contribution >= 4 is 33.8 Å². The Morgan fingerprint density at radius 2 is 1.90 bits per heavy atom. The maximum atomic E-state index is 13.3. The molecule has 1 heterocycles. The van der Waals surface area contributed by atoms with Gasteiger partial charge in [0.05, 0.1) is 23.4 Å². The van der Waals surface area contributed by atoms with Crippen molar-refractivity contribution in [2.45, 2.75) is 13.0 Å². The summed E-state index contributed by atoms with van der Waals surface area (Å²) in [4.78, 5) is 0. The third-order valence-electron chi connectivity index (χ3n) is 3.56. The van der Waals surface area contributed by atoms with Crippen molar-refractivity contribution in [1.82, 2.24) is 4.57 Å². The predicted octanol–water partition coefficient (Wildman–Crippen LogP) is 5.19. The molecule has 0 fully saturated rings. The summed E-state index contributed by atoms with van der Waals surface area (Å²) in [7, 11) is 1.65. The van der Waals surface area contributed by atoms with E-state index in [1.54, 1.807) is 13.2 Å². The molecular formula is C16H14FNOS2. The van der Waals surface area contributed by atoms with Crippen molar-refractivity contribution in [1.29, 1.82) is 0 Å². The molecule has 0 aliphatic carbocycles. The van der Waals surface area contributed by atoms with Gasteiger partial charge in [-0.3, -0.25) is 0 Å². The fraction of sp³-hybridized carbons (Fsp3) is 0.188. The third kappa shape index (κ3) is 2.59. The highest BCUT2D eigenvalue weighted by molar-refractivity contribution is 7.73. The standard InChI is InChI=1S/C16H14FNOS2/c1-10(11-3-6-13(19-2)7-4-11)18-14-8-5-12(17)9-15(14)21-16(18)20/h3-10H,1-2H3/t10-/m1/s1. The number of hydrogen-bond acceptors (Lipinski definition) is 3. The van der Waals surface area contributed by atoms with Crippen LogP contribution in [0.3, 0.4) is 0 Å². The summed E-state index contributed by atoms with van der Waals surface area (Å²) in [6.07, 6.45) is 0. The lowest BCUT2D eigenvalue weighted by atomic mass is 10.1. The zero-order valence-corrected chi connectivity index (χ0v) is 13.3. The van der Waals surface area contributed by atoms with Gasteiger partial charge >= 0.3 is 0 Å². The largest absolute Gasteiger partial charge is 0.497 e. The smallest absolute Gasteiger partial charge is 0.162 e. The lowest BCUT2D eigenvalue weighted by molar-refractivity contribution is 0.414. The van der Waals surface area contributed by atoms with Crippen molar-refractivity contribution in [3.63, 3.8) is 0 Å². The second-order valence-electron chi connectivity index (χ2n) is 4.80. The van der Waals surface area contributed by atoms with Gasteiger partial charge < -0.3 is 9.30 Å². The van der Waals surface area contributed by atoms with E-state index in [0.717, 1.165) is 25.5 Å². The molecule has 3 aromatic rings. The van der Waals surface area contributed by atoms with Crippen molar-refractivity contribution in [3.05, 3.63) is 57.8 Å². The number of rotatable bonds is 3. The molecule has 0 radical (unpaired) electrons. The fourth-order valence-corrected chi connectivity index (χ4v) is 3.92. The molecule has 1 atom stereocenters. The molecule has 0 bridgehead atoms. The Morgan fingerprint density at radius 3 is 2.57 bits per heavy atom. The van der Waals surface area contributed by atoms with E-state index in [2.05, 4.69) is 11.5 Å². The van der Waals surface area contributed by atoms with E-state index in [0.29, 0.717) is 0 Å². The van der Waals surface area contributed by atoms with Gasteiger partial charge in [-0.2, -0.15) is 0 Å². The quantitative estimate of drug-likeness (QED) is 0.617. The normalized spacial score (nSPS) is 12.5. The number of halogens is 1. The summed E-state index contributed by atoms with van der Waals surface area (Å²) >= 11 is 6.89. The van der Waals surface area contributed by atoms with Crippen LogP contribution in [0.4, 0.5) is 4.39 Å². The van der Waals surface area contributed by atoms with E-state index in [-0.39, 0.29) is 11.9 Å². The lowest BCUT2D eigenvalue weighted by Crippen LogP contribution is -2.06. The Kier molecular flexibility index (Phi) is 3.78. The summed E-state index contributed by atoms with van der Waals surface area (Å²) in [5, 5.41) is 0. The highest BCUT2D eigenvalue weighted by Gasteiger charge is 2.14. The molecule has 0 amide bonds. The summed E-state index contributed by atoms with van der Waals surface area (Å²) in [5.74, 6) is 0.592. The number of thiazole rings is 1. The summed E-state index contributed by atoms with van der Waals surface area (Å²) in [6, 6.07) is 12.8. The van der Waals surface area contributed by atoms with Gasteiger partial charge in [-0.15, -0.1) is 11.3 Å². The number of methoxy groups -OCH3 is 1. The van der Waals surface area contributed by atoms with Gasteiger partial charge in [0.25, 0.3) is 0 Å². The van der Waals surface area contributed by atoms with E-state index >= 15 is 0 Å². The van der Waals surface area contributed by atoms with Crippen LogP contribution in [-0.4, -0.2) is 11.7 Å². The molecule has 0 aliphatic heterocycles. The van der Waals surface area contributed by atoms with Gasteiger partial charge in [0.2, 0.25) is 0 Å². The molecule has 5 heteroatoms. The zero-order valence-electron chi connectivity index (χ0n) is 11.7. The maximum Gasteiger partial charge on any atom is 0.162 e. The van der Waals surface area contributed by atoms with Crippen LogP contribution in [0.25, 0.3) is 10.2 Å². The number of ether oxygens (including phenoxy) is 1. The van der Waals surface area contributed by atoms with Crippen LogP contribution in [0.5, 0.6) is 5.75 Å². The van der Waals surface area contributed by atoms with Gasteiger partial charge in [-0.1, -0.05) is 12.1 Å². The van der Waals surface area contributed by atoms with E-state index in [4.69, 9.17) is 17.0 Å². The van der Waals surface area contributed by atoms with E-state index in [9.17, 15) is 4.39 Å². The molecule has 2 nitrogen and oxygen atoms in total. The average Bonchev–Trinajstić information content (AvgIpc) is 2.81. The first-order valence-electron chi connectivity index (χ1n) is 6.54. The molecule has 0 N–H and O–H groups in total. The minimum atomic E-state index is -0.233. The van der Waals surface area contributed by atoms with Gasteiger partial charge in [0, 0.05) is 0 Å². The van der Waals surface area contributed by atoms with Crippen molar-refractivity contribution in [2.75, 3.05) is 7.11 Å². The first-order valence-corrected chi connectivity index (χ1v) is 7.77. The first-order chi connectivity index (χ1) is 10.1. The molecule has 0 unspecified atom stereocenters. The summed E-state index contributed by atoms with van der Waals surface area (Å²) < 4.78 is 22.2. The monoisotopic (exact) mass is 319 g/mol. The molecule has 0 saturated heterocycles. The minimum absolute atomic E-state index is 0.0858. The fourth-order valence-electron chi connectivity index (χ4n) is 2.41. The number of benzene rings is 2. The van der Waals surface area contributed by atoms with Gasteiger partial charge in [-0.25, -0.2) is 4.39 Å². The Hall–Kier alpha value is -1.72. The molecule has 0 spiro atoms. The molecule has 0 saturated carbocycles. The minimum Gasteiger partial charge on any atom is -0.497 e. The molecule has 0 aliphatic rings. The zero-order chi connectivity index (χ0) is 15.0. The Balaban J connectivity index is 2.10. The topological polar surface area (TPSA) is 14.2 Å². The predicted molar refractivity (Wildman–Crippen MR) is 87.4 cm³/mol. The molecule has 2 aromatic carbocycles. The molecule has 3 rings (SSSR count). The van der Waals surface area contributed by atoms with Crippen molar-refractivity contribution in [3.8, 4) is 5.75 Å². The van der Waals surface area contributed by atoms with Gasteiger partial charge in [-0.05, 0) is 55.0 Å². The van der Waals surface area contributed by atoms with Crippen LogP contribution < -0.4 is 4.74 Å². The number of aromatic nitrogens is 1. The maximum absolute atomic E-state index is 13.3. The molecular weight excluding hydrogens is 305 g/mol. The molecule has 1 aromatic heterocycles. The summed E-state index contributed by atoms with van der Waals surface area (Å²) in [5.41, 5.74) is 2.10. The highest BCUT2D eigenvalue weighted by Crippen LogP contribution is 2.30. The van der Waals surface area contributed by atoms with Gasteiger partial charge in [0.15, 0.2) is 3.95 Å². The number of nitrogens with zero attached hydrogens (tertiary/aromatic N) is 1. The van der Waals surface area contributed by atoms with Crippen LogP contribution in [-0.2, 0) is 0 Å². The van der Waals surface area contributed by atoms with Gasteiger partial charge in [0.1, 0.15) is 11.6 Å². The third-order valence-corrected chi connectivity index (χ3v) is 4.93. The Bertz CT molecular complexity index is 836. The van der Waals surface area contributed by atoms with E-state index in [1.165, 1.54) is 23.5 Å². The highest BCUT2D eigenvalue weighted by atomic mass is 32.1. The lowest BCUT2D eigenvalue weighted by Gasteiger charge is -2.16. The second kappa shape index (κ2) is 5.58. The first kappa shape index (κ1) is 14.2. The second-order valence-corrected chi connectivity index (χ2v) is 6.47. The Morgan fingerprint density at radius 1 is 1.19 bits per heavy atom. The van der Waals surface area contributed by atoms with Crippen LogP contribution in [0.1, 0.15) is 18.5 Å². The van der Waals surface area contributed by atoms with Crippen LogP contribution in [0.15, 0.2) is 42.5 Å². The number of fused-ring (bicyclic) bond motifs is 1. The van der Waals surface area contributed by atoms with Crippen molar-refractivity contribution in [2.24, 2.45) is 0 Å². The van der Waals surface area contributed by atoms with Crippen LogP contribution >= 0.6 is 23.6 Å². The summed E-state index contributed by atoms with van der Waals surface area (Å²) in [6.45, 7) is 2.09. The van der Waals surface area contributed by atoms with Crippen molar-refractivity contribution < 1.29 is 9.13 Å². The number of hydrogen-bond donors (Lipinski definition) is 0. The van der Waals surface area contributed by atoms with E-state index < -0.39 is 0 Å². The molecule has 21 heavy (non-hydrogen) atoms. The average molecular weight is 319 g/mol. The SMILES string of the molecule is COc1ccc([C@@H](C)n2c(=S)sc3cc(F)ccc32)cc1. The van der Waals surface area contributed by atoms with Crippen LogP contribution in [0.2, 0.25) is 0 Å². The molecule has 108 valence electrons.